The summed E-state index contributed by atoms with van der Waals surface area (Å²) in [5.74, 6) is 0. The van der Waals surface area contributed by atoms with Gasteiger partial charge in [0.1, 0.15) is 6.10 Å². The molecule has 0 spiro atoms. The Morgan fingerprint density at radius 1 is 1.24 bits per heavy atom. The summed E-state index contributed by atoms with van der Waals surface area (Å²) >= 11 is 0. The van der Waals surface area contributed by atoms with Crippen molar-refractivity contribution >= 4 is 0 Å². The third kappa shape index (κ3) is 3.69. The molecule has 0 aliphatic rings. The maximum atomic E-state index is 12.4. The van der Waals surface area contributed by atoms with Crippen LogP contribution in [-0.2, 0) is 6.18 Å². The first-order valence-corrected chi connectivity index (χ1v) is 5.09. The largest absolute Gasteiger partial charge is 0.416 e. The number of hydrogen-bond acceptors (Lipinski definition) is 3. The summed E-state index contributed by atoms with van der Waals surface area (Å²) in [6.07, 6.45) is -6.87. The van der Waals surface area contributed by atoms with Gasteiger partial charge in [0.2, 0.25) is 0 Å². The van der Waals surface area contributed by atoms with Crippen molar-refractivity contribution in [3.63, 3.8) is 0 Å². The second kappa shape index (κ2) is 5.48. The van der Waals surface area contributed by atoms with E-state index >= 15 is 0 Å². The molecule has 0 saturated heterocycles. The summed E-state index contributed by atoms with van der Waals surface area (Å²) in [4.78, 5) is 0. The molecular weight excluding hydrogens is 235 g/mol. The highest BCUT2D eigenvalue weighted by molar-refractivity contribution is 5.27. The third-order valence-electron chi connectivity index (χ3n) is 2.38. The normalized spacial score (nSPS) is 15.6. The topological polar surface area (TPSA) is 66.5 Å². The van der Waals surface area contributed by atoms with Gasteiger partial charge in [-0.15, -0.1) is 0 Å². The molecule has 0 radical (unpaired) electrons. The van der Waals surface area contributed by atoms with E-state index in [1.165, 1.54) is 12.1 Å². The first-order valence-electron chi connectivity index (χ1n) is 5.09. The molecule has 17 heavy (non-hydrogen) atoms. The minimum Gasteiger partial charge on any atom is -0.390 e. The summed E-state index contributed by atoms with van der Waals surface area (Å²) in [6.45, 7) is 0.150. The lowest BCUT2D eigenvalue weighted by molar-refractivity contribution is -0.137. The molecule has 0 aromatic heterocycles. The van der Waals surface area contributed by atoms with E-state index in [0.717, 1.165) is 12.1 Å². The first-order chi connectivity index (χ1) is 7.86. The molecule has 0 fully saturated rings. The zero-order chi connectivity index (χ0) is 13.1. The van der Waals surface area contributed by atoms with E-state index in [9.17, 15) is 23.4 Å². The summed E-state index contributed by atoms with van der Waals surface area (Å²) in [7, 11) is 0. The fourth-order valence-electron chi connectivity index (χ4n) is 1.45. The van der Waals surface area contributed by atoms with E-state index in [0.29, 0.717) is 0 Å². The summed E-state index contributed by atoms with van der Waals surface area (Å²) < 4.78 is 37.2. The van der Waals surface area contributed by atoms with Crippen LogP contribution in [0.2, 0.25) is 0 Å². The van der Waals surface area contributed by atoms with Crippen molar-refractivity contribution in [3.05, 3.63) is 35.4 Å². The van der Waals surface area contributed by atoms with Gasteiger partial charge in [-0.1, -0.05) is 12.1 Å². The number of nitrogens with two attached hydrogens (primary N) is 1. The van der Waals surface area contributed by atoms with Gasteiger partial charge in [-0.3, -0.25) is 0 Å². The predicted octanol–water partition coefficient (Wildman–Crippen LogP) is 1.45. The van der Waals surface area contributed by atoms with Crippen LogP contribution in [-0.4, -0.2) is 22.9 Å². The lowest BCUT2D eigenvalue weighted by Crippen LogP contribution is -2.22. The molecule has 0 heterocycles. The van der Waals surface area contributed by atoms with Crippen LogP contribution in [0.1, 0.15) is 23.7 Å². The maximum Gasteiger partial charge on any atom is 0.416 e. The van der Waals surface area contributed by atoms with Crippen molar-refractivity contribution in [3.8, 4) is 0 Å². The summed E-state index contributed by atoms with van der Waals surface area (Å²) in [5, 5.41) is 19.1. The lowest BCUT2D eigenvalue weighted by atomic mass is 10.00. The predicted molar refractivity (Wildman–Crippen MR) is 56.1 cm³/mol. The Balaban J connectivity index is 2.92. The second-order valence-corrected chi connectivity index (χ2v) is 3.71. The highest BCUT2D eigenvalue weighted by Gasteiger charge is 2.31. The van der Waals surface area contributed by atoms with E-state index < -0.39 is 23.9 Å². The van der Waals surface area contributed by atoms with Crippen LogP contribution in [0.5, 0.6) is 0 Å². The fourth-order valence-corrected chi connectivity index (χ4v) is 1.45. The number of hydrogen-bond donors (Lipinski definition) is 3. The number of benzene rings is 1. The molecule has 0 saturated carbocycles. The molecule has 6 heteroatoms. The van der Waals surface area contributed by atoms with Gasteiger partial charge in [0.25, 0.3) is 0 Å². The van der Waals surface area contributed by atoms with Gasteiger partial charge in [-0.2, -0.15) is 13.2 Å². The Kier molecular flexibility index (Phi) is 4.50. The minimum absolute atomic E-state index is 0.0285. The molecule has 0 amide bonds. The van der Waals surface area contributed by atoms with Gasteiger partial charge < -0.3 is 15.9 Å². The highest BCUT2D eigenvalue weighted by Crippen LogP contribution is 2.31. The molecule has 2 atom stereocenters. The SMILES string of the molecule is NCCC(O)C(O)c1cccc(C(F)(F)F)c1. The van der Waals surface area contributed by atoms with E-state index in [1.807, 2.05) is 0 Å². The maximum absolute atomic E-state index is 12.4. The fraction of sp³-hybridized carbons (Fsp3) is 0.455. The molecule has 96 valence electrons. The van der Waals surface area contributed by atoms with Crippen molar-refractivity contribution in [2.75, 3.05) is 6.54 Å². The molecule has 0 bridgehead atoms. The number of halogens is 3. The van der Waals surface area contributed by atoms with Crippen LogP contribution in [0.25, 0.3) is 0 Å². The Labute approximate surface area is 96.7 Å². The first kappa shape index (κ1) is 14.0. The lowest BCUT2D eigenvalue weighted by Gasteiger charge is -2.18. The zero-order valence-electron chi connectivity index (χ0n) is 8.98. The molecule has 0 aliphatic heterocycles. The Morgan fingerprint density at radius 3 is 2.41 bits per heavy atom. The van der Waals surface area contributed by atoms with Crippen molar-refractivity contribution in [1.29, 1.82) is 0 Å². The number of aliphatic hydroxyl groups excluding tert-OH is 2. The van der Waals surface area contributed by atoms with Gasteiger partial charge in [0.15, 0.2) is 0 Å². The van der Waals surface area contributed by atoms with E-state index in [4.69, 9.17) is 5.73 Å². The van der Waals surface area contributed by atoms with Crippen molar-refractivity contribution in [1.82, 2.24) is 0 Å². The Bertz CT molecular complexity index is 368. The van der Waals surface area contributed by atoms with Gasteiger partial charge in [-0.05, 0) is 30.7 Å². The van der Waals surface area contributed by atoms with Gasteiger partial charge in [-0.25, -0.2) is 0 Å². The van der Waals surface area contributed by atoms with Crippen molar-refractivity contribution in [2.24, 2.45) is 5.73 Å². The smallest absolute Gasteiger partial charge is 0.390 e. The number of aliphatic hydroxyl groups is 2. The van der Waals surface area contributed by atoms with Crippen LogP contribution in [0.3, 0.4) is 0 Å². The Hall–Kier alpha value is -1.11. The molecule has 1 aromatic carbocycles. The standard InChI is InChI=1S/C11H14F3NO2/c12-11(13,14)8-3-1-2-7(6-8)10(17)9(16)4-5-15/h1-3,6,9-10,16-17H,4-5,15H2. The molecule has 2 unspecified atom stereocenters. The molecular formula is C11H14F3NO2. The van der Waals surface area contributed by atoms with E-state index in [2.05, 4.69) is 0 Å². The second-order valence-electron chi connectivity index (χ2n) is 3.71. The molecule has 4 N–H and O–H groups in total. The van der Waals surface area contributed by atoms with Crippen molar-refractivity contribution in [2.45, 2.75) is 24.8 Å². The van der Waals surface area contributed by atoms with Crippen LogP contribution >= 0.6 is 0 Å². The van der Waals surface area contributed by atoms with E-state index in [1.54, 1.807) is 0 Å². The number of rotatable bonds is 4. The van der Waals surface area contributed by atoms with Crippen LogP contribution < -0.4 is 5.73 Å². The highest BCUT2D eigenvalue weighted by atomic mass is 19.4. The van der Waals surface area contributed by atoms with Gasteiger partial charge in [0.05, 0.1) is 11.7 Å². The van der Waals surface area contributed by atoms with Crippen molar-refractivity contribution < 1.29 is 23.4 Å². The minimum atomic E-state index is -4.46. The molecule has 1 aromatic rings. The monoisotopic (exact) mass is 249 g/mol. The van der Waals surface area contributed by atoms with E-state index in [-0.39, 0.29) is 18.5 Å². The van der Waals surface area contributed by atoms with Crippen LogP contribution in [0, 0.1) is 0 Å². The molecule has 1 rings (SSSR count). The molecule has 3 nitrogen and oxygen atoms in total. The van der Waals surface area contributed by atoms with Gasteiger partial charge in [0, 0.05) is 0 Å². The number of alkyl halides is 3. The average molecular weight is 249 g/mol. The zero-order valence-corrected chi connectivity index (χ0v) is 8.98. The van der Waals surface area contributed by atoms with Crippen LogP contribution in [0.4, 0.5) is 13.2 Å². The van der Waals surface area contributed by atoms with Crippen LogP contribution in [0.15, 0.2) is 24.3 Å². The summed E-state index contributed by atoms with van der Waals surface area (Å²) in [6, 6.07) is 4.26. The Morgan fingerprint density at radius 2 is 1.88 bits per heavy atom. The quantitative estimate of drug-likeness (QED) is 0.756. The van der Waals surface area contributed by atoms with Gasteiger partial charge >= 0.3 is 6.18 Å². The molecule has 0 aliphatic carbocycles. The third-order valence-corrected chi connectivity index (χ3v) is 2.38. The average Bonchev–Trinajstić information content (AvgIpc) is 2.27. The summed E-state index contributed by atoms with van der Waals surface area (Å²) in [5.41, 5.74) is 4.37.